The molecule has 0 saturated heterocycles. The first-order valence-corrected chi connectivity index (χ1v) is 7.72. The van der Waals surface area contributed by atoms with Crippen molar-refractivity contribution in [3.8, 4) is 0 Å². The zero-order valence-electron chi connectivity index (χ0n) is 12.5. The maximum Gasteiger partial charge on any atom is 0.141 e. The molecule has 0 bridgehead atoms. The second-order valence-corrected chi connectivity index (χ2v) is 5.90. The highest BCUT2D eigenvalue weighted by molar-refractivity contribution is 5.83. The number of rotatable bonds is 5. The van der Waals surface area contributed by atoms with E-state index in [1.165, 1.54) is 12.8 Å². The standard InChI is InChI=1S/C16H26N2O/c1-4-14-10-15(18(5-2)17-14)11-16(19)13-8-6-12(3)7-9-13/h10,12-13H,4-9,11H2,1-3H3. The van der Waals surface area contributed by atoms with Crippen LogP contribution in [-0.4, -0.2) is 15.6 Å². The molecule has 1 aromatic heterocycles. The number of ketones is 1. The summed E-state index contributed by atoms with van der Waals surface area (Å²) in [4.78, 5) is 12.4. The third-order valence-corrected chi connectivity index (χ3v) is 4.40. The van der Waals surface area contributed by atoms with Crippen molar-refractivity contribution in [3.63, 3.8) is 0 Å². The predicted molar refractivity (Wildman–Crippen MR) is 77.1 cm³/mol. The van der Waals surface area contributed by atoms with E-state index in [1.807, 2.05) is 4.68 Å². The number of hydrogen-bond donors (Lipinski definition) is 0. The van der Waals surface area contributed by atoms with E-state index in [0.29, 0.717) is 18.1 Å². The summed E-state index contributed by atoms with van der Waals surface area (Å²) >= 11 is 0. The molecular weight excluding hydrogens is 236 g/mol. The molecule has 0 amide bonds. The smallest absolute Gasteiger partial charge is 0.141 e. The molecule has 1 aliphatic carbocycles. The van der Waals surface area contributed by atoms with Gasteiger partial charge in [-0.05, 0) is 38.2 Å². The van der Waals surface area contributed by atoms with Crippen LogP contribution >= 0.6 is 0 Å². The summed E-state index contributed by atoms with van der Waals surface area (Å²) in [7, 11) is 0. The molecule has 0 atom stereocenters. The van der Waals surface area contributed by atoms with Gasteiger partial charge in [0.15, 0.2) is 0 Å². The summed E-state index contributed by atoms with van der Waals surface area (Å²) in [6.07, 6.45) is 6.10. The Morgan fingerprint density at radius 2 is 2.00 bits per heavy atom. The minimum absolute atomic E-state index is 0.293. The first-order chi connectivity index (χ1) is 9.13. The molecule has 0 aromatic carbocycles. The van der Waals surface area contributed by atoms with Crippen LogP contribution in [0.2, 0.25) is 0 Å². The van der Waals surface area contributed by atoms with Crippen LogP contribution < -0.4 is 0 Å². The number of nitrogens with zero attached hydrogens (tertiary/aromatic N) is 2. The van der Waals surface area contributed by atoms with Gasteiger partial charge < -0.3 is 0 Å². The third kappa shape index (κ3) is 3.46. The van der Waals surface area contributed by atoms with Gasteiger partial charge in [-0.25, -0.2) is 0 Å². The molecule has 0 unspecified atom stereocenters. The van der Waals surface area contributed by atoms with Crippen molar-refractivity contribution >= 4 is 5.78 Å². The lowest BCUT2D eigenvalue weighted by Crippen LogP contribution is -2.23. The first-order valence-electron chi connectivity index (χ1n) is 7.72. The summed E-state index contributed by atoms with van der Waals surface area (Å²) < 4.78 is 1.99. The molecule has 3 heteroatoms. The number of aromatic nitrogens is 2. The van der Waals surface area contributed by atoms with Crippen LogP contribution in [0, 0.1) is 11.8 Å². The molecule has 0 aliphatic heterocycles. The van der Waals surface area contributed by atoms with E-state index in [2.05, 4.69) is 31.9 Å². The Kier molecular flexibility index (Phi) is 4.78. The number of carbonyl (C=O) groups is 1. The van der Waals surface area contributed by atoms with E-state index in [9.17, 15) is 4.79 Å². The van der Waals surface area contributed by atoms with Crippen LogP contribution in [0.15, 0.2) is 6.07 Å². The molecule has 2 rings (SSSR count). The normalized spacial score (nSPS) is 23.5. The van der Waals surface area contributed by atoms with E-state index in [1.54, 1.807) is 0 Å². The molecule has 0 radical (unpaired) electrons. The minimum atomic E-state index is 0.293. The van der Waals surface area contributed by atoms with Crippen molar-refractivity contribution in [2.75, 3.05) is 0 Å². The molecule has 19 heavy (non-hydrogen) atoms. The van der Waals surface area contributed by atoms with Crippen LogP contribution in [0.3, 0.4) is 0 Å². The van der Waals surface area contributed by atoms with Crippen molar-refractivity contribution in [1.29, 1.82) is 0 Å². The SMILES string of the molecule is CCc1cc(CC(=O)C2CCC(C)CC2)n(CC)n1. The summed E-state index contributed by atoms with van der Waals surface area (Å²) in [6, 6.07) is 2.10. The Morgan fingerprint density at radius 3 is 2.58 bits per heavy atom. The fourth-order valence-electron chi connectivity index (χ4n) is 3.01. The Labute approximate surface area is 116 Å². The highest BCUT2D eigenvalue weighted by Crippen LogP contribution is 2.29. The van der Waals surface area contributed by atoms with Gasteiger partial charge >= 0.3 is 0 Å². The van der Waals surface area contributed by atoms with Crippen LogP contribution in [-0.2, 0) is 24.2 Å². The first kappa shape index (κ1) is 14.3. The molecule has 1 heterocycles. The largest absolute Gasteiger partial charge is 0.299 e. The Bertz CT molecular complexity index is 428. The highest BCUT2D eigenvalue weighted by Gasteiger charge is 2.25. The van der Waals surface area contributed by atoms with Gasteiger partial charge in [-0.15, -0.1) is 0 Å². The van der Waals surface area contributed by atoms with Crippen LogP contribution in [0.4, 0.5) is 0 Å². The lowest BCUT2D eigenvalue weighted by Gasteiger charge is -2.25. The number of hydrogen-bond acceptors (Lipinski definition) is 2. The van der Waals surface area contributed by atoms with Crippen molar-refractivity contribution in [1.82, 2.24) is 9.78 Å². The highest BCUT2D eigenvalue weighted by atomic mass is 16.1. The summed E-state index contributed by atoms with van der Waals surface area (Å²) in [6.45, 7) is 7.34. The van der Waals surface area contributed by atoms with Gasteiger partial charge in [0.1, 0.15) is 5.78 Å². The van der Waals surface area contributed by atoms with Crippen molar-refractivity contribution in [3.05, 3.63) is 17.5 Å². The fourth-order valence-corrected chi connectivity index (χ4v) is 3.01. The zero-order valence-corrected chi connectivity index (χ0v) is 12.5. The monoisotopic (exact) mass is 262 g/mol. The molecule has 0 N–H and O–H groups in total. The number of Topliss-reactive ketones (excluding diaryl/α,β-unsaturated/α-hetero) is 1. The average molecular weight is 262 g/mol. The molecule has 1 fully saturated rings. The molecular formula is C16H26N2O. The third-order valence-electron chi connectivity index (χ3n) is 4.40. The quantitative estimate of drug-likeness (QED) is 0.815. The van der Waals surface area contributed by atoms with Crippen LogP contribution in [0.25, 0.3) is 0 Å². The van der Waals surface area contributed by atoms with Gasteiger partial charge in [0.2, 0.25) is 0 Å². The molecule has 0 spiro atoms. The molecule has 1 saturated carbocycles. The minimum Gasteiger partial charge on any atom is -0.299 e. The molecule has 1 aliphatic rings. The fraction of sp³-hybridized carbons (Fsp3) is 0.750. The second-order valence-electron chi connectivity index (χ2n) is 5.90. The summed E-state index contributed by atoms with van der Waals surface area (Å²) in [5.41, 5.74) is 2.20. The van der Waals surface area contributed by atoms with Crippen LogP contribution in [0.1, 0.15) is 57.8 Å². The van der Waals surface area contributed by atoms with E-state index in [0.717, 1.165) is 43.1 Å². The lowest BCUT2D eigenvalue weighted by molar-refractivity contribution is -0.123. The van der Waals surface area contributed by atoms with Gasteiger partial charge in [-0.2, -0.15) is 5.10 Å². The lowest BCUT2D eigenvalue weighted by atomic mass is 9.80. The van der Waals surface area contributed by atoms with E-state index >= 15 is 0 Å². The number of aryl methyl sites for hydroxylation is 2. The van der Waals surface area contributed by atoms with Crippen molar-refractivity contribution in [2.24, 2.45) is 11.8 Å². The number of carbonyl (C=O) groups excluding carboxylic acids is 1. The van der Waals surface area contributed by atoms with Gasteiger partial charge in [0, 0.05) is 24.6 Å². The zero-order chi connectivity index (χ0) is 13.8. The maximum absolute atomic E-state index is 12.4. The Morgan fingerprint density at radius 1 is 1.32 bits per heavy atom. The van der Waals surface area contributed by atoms with Crippen molar-refractivity contribution < 1.29 is 4.79 Å². The van der Waals surface area contributed by atoms with Crippen LogP contribution in [0.5, 0.6) is 0 Å². The molecule has 1 aromatic rings. The Balaban J connectivity index is 2.00. The molecule has 106 valence electrons. The van der Waals surface area contributed by atoms with E-state index in [-0.39, 0.29) is 0 Å². The summed E-state index contributed by atoms with van der Waals surface area (Å²) in [5.74, 6) is 1.52. The van der Waals surface area contributed by atoms with E-state index in [4.69, 9.17) is 0 Å². The van der Waals surface area contributed by atoms with Gasteiger partial charge in [0.25, 0.3) is 0 Å². The predicted octanol–water partition coefficient (Wildman–Crippen LogP) is 3.40. The van der Waals surface area contributed by atoms with Gasteiger partial charge in [-0.1, -0.05) is 26.7 Å². The molecule has 3 nitrogen and oxygen atoms in total. The topological polar surface area (TPSA) is 34.9 Å². The van der Waals surface area contributed by atoms with E-state index < -0.39 is 0 Å². The van der Waals surface area contributed by atoms with Gasteiger partial charge in [-0.3, -0.25) is 9.48 Å². The average Bonchev–Trinajstić information content (AvgIpc) is 2.81. The summed E-state index contributed by atoms with van der Waals surface area (Å²) in [5, 5.41) is 4.52. The Hall–Kier alpha value is -1.12. The van der Waals surface area contributed by atoms with Gasteiger partial charge in [0.05, 0.1) is 5.69 Å². The maximum atomic E-state index is 12.4. The van der Waals surface area contributed by atoms with Crippen molar-refractivity contribution in [2.45, 2.75) is 65.8 Å². The second kappa shape index (κ2) is 6.36.